The highest BCUT2D eigenvalue weighted by Crippen LogP contribution is 2.24. The number of esters is 1. The predicted molar refractivity (Wildman–Crippen MR) is 110 cm³/mol. The number of ether oxygens (including phenoxy) is 1. The molecule has 1 heterocycles. The molecular weight excluding hydrogens is 396 g/mol. The average molecular weight is 415 g/mol. The molecule has 0 fully saturated rings. The molecule has 0 radical (unpaired) electrons. The van der Waals surface area contributed by atoms with Crippen LogP contribution in [0.4, 0.5) is 0 Å². The summed E-state index contributed by atoms with van der Waals surface area (Å²) in [5.74, 6) is -0.962. The quantitative estimate of drug-likeness (QED) is 0.597. The van der Waals surface area contributed by atoms with Crippen LogP contribution < -0.4 is 5.32 Å². The lowest BCUT2D eigenvalue weighted by Gasteiger charge is -2.13. The second-order valence-corrected chi connectivity index (χ2v) is 7.56. The number of rotatable bonds is 6. The van der Waals surface area contributed by atoms with Crippen LogP contribution in [0.15, 0.2) is 53.9 Å². The van der Waals surface area contributed by atoms with Gasteiger partial charge >= 0.3 is 5.97 Å². The summed E-state index contributed by atoms with van der Waals surface area (Å²) in [6.07, 6.45) is 0. The zero-order chi connectivity index (χ0) is 20.1. The van der Waals surface area contributed by atoms with E-state index in [9.17, 15) is 9.59 Å². The predicted octanol–water partition coefficient (Wildman–Crippen LogP) is 4.63. The first-order chi connectivity index (χ1) is 13.4. The van der Waals surface area contributed by atoms with Crippen molar-refractivity contribution < 1.29 is 14.3 Å². The van der Waals surface area contributed by atoms with E-state index in [-0.39, 0.29) is 6.61 Å². The third kappa shape index (κ3) is 4.97. The maximum absolute atomic E-state index is 12.2. The molecule has 3 aromatic rings. The van der Waals surface area contributed by atoms with Gasteiger partial charge in [0.2, 0.25) is 0 Å². The van der Waals surface area contributed by atoms with Crippen molar-refractivity contribution in [2.45, 2.75) is 26.5 Å². The smallest absolute Gasteiger partial charge is 0.328 e. The SMILES string of the molecule is Cc1ccc(-c2nc(COC(=O)[C@H](C)NC(=O)c3ccccc3Cl)cs2)cc1. The molecule has 0 saturated carbocycles. The van der Waals surface area contributed by atoms with Gasteiger partial charge < -0.3 is 10.1 Å². The minimum Gasteiger partial charge on any atom is -0.458 e. The molecule has 3 rings (SSSR count). The number of carbonyl (C=O) groups is 2. The van der Waals surface area contributed by atoms with Crippen LogP contribution >= 0.6 is 22.9 Å². The molecule has 28 heavy (non-hydrogen) atoms. The number of nitrogens with one attached hydrogen (secondary N) is 1. The number of nitrogens with zero attached hydrogens (tertiary/aromatic N) is 1. The number of hydrogen-bond acceptors (Lipinski definition) is 5. The zero-order valence-electron chi connectivity index (χ0n) is 15.4. The van der Waals surface area contributed by atoms with Crippen molar-refractivity contribution in [3.05, 3.63) is 75.8 Å². The molecule has 0 unspecified atom stereocenters. The number of aryl methyl sites for hydroxylation is 1. The van der Waals surface area contributed by atoms with Gasteiger partial charge in [-0.2, -0.15) is 0 Å². The zero-order valence-corrected chi connectivity index (χ0v) is 17.0. The fourth-order valence-corrected chi connectivity index (χ4v) is 3.48. The molecule has 1 amide bonds. The molecule has 0 aliphatic rings. The highest BCUT2D eigenvalue weighted by atomic mass is 35.5. The van der Waals surface area contributed by atoms with Gasteiger partial charge in [-0.3, -0.25) is 4.79 Å². The number of amides is 1. The summed E-state index contributed by atoms with van der Waals surface area (Å²) in [6.45, 7) is 3.64. The second kappa shape index (κ2) is 8.99. The van der Waals surface area contributed by atoms with Crippen molar-refractivity contribution >= 4 is 34.8 Å². The molecule has 0 spiro atoms. The van der Waals surface area contributed by atoms with Gasteiger partial charge in [0.15, 0.2) is 0 Å². The normalized spacial score (nSPS) is 11.7. The van der Waals surface area contributed by atoms with Crippen LogP contribution in [0.1, 0.15) is 28.5 Å². The number of aromatic nitrogens is 1. The summed E-state index contributed by atoms with van der Waals surface area (Å²) in [5, 5.41) is 5.64. The third-order valence-corrected chi connectivity index (χ3v) is 5.30. The Morgan fingerprint density at radius 2 is 1.89 bits per heavy atom. The Morgan fingerprint density at radius 3 is 2.61 bits per heavy atom. The molecule has 7 heteroatoms. The first-order valence-electron chi connectivity index (χ1n) is 8.67. The number of carbonyl (C=O) groups excluding carboxylic acids is 2. The summed E-state index contributed by atoms with van der Waals surface area (Å²) in [5.41, 5.74) is 3.18. The maximum Gasteiger partial charge on any atom is 0.328 e. The van der Waals surface area contributed by atoms with Gasteiger partial charge in [0, 0.05) is 10.9 Å². The molecule has 0 saturated heterocycles. The Balaban J connectivity index is 1.54. The van der Waals surface area contributed by atoms with Crippen molar-refractivity contribution in [1.82, 2.24) is 10.3 Å². The Bertz CT molecular complexity index is 985. The van der Waals surface area contributed by atoms with E-state index in [2.05, 4.69) is 10.3 Å². The van der Waals surface area contributed by atoms with E-state index in [1.165, 1.54) is 16.9 Å². The van der Waals surface area contributed by atoms with Crippen molar-refractivity contribution in [2.75, 3.05) is 0 Å². The van der Waals surface area contributed by atoms with E-state index in [0.29, 0.717) is 16.3 Å². The molecule has 2 aromatic carbocycles. The monoisotopic (exact) mass is 414 g/mol. The van der Waals surface area contributed by atoms with Gasteiger partial charge in [0.25, 0.3) is 5.91 Å². The summed E-state index contributed by atoms with van der Waals surface area (Å²) in [7, 11) is 0. The van der Waals surface area contributed by atoms with Crippen LogP contribution in [0.25, 0.3) is 10.6 Å². The molecule has 0 aliphatic carbocycles. The number of halogens is 1. The van der Waals surface area contributed by atoms with Gasteiger partial charge in [-0.15, -0.1) is 11.3 Å². The van der Waals surface area contributed by atoms with Crippen LogP contribution in [0, 0.1) is 6.92 Å². The van der Waals surface area contributed by atoms with E-state index >= 15 is 0 Å². The van der Waals surface area contributed by atoms with E-state index in [4.69, 9.17) is 16.3 Å². The van der Waals surface area contributed by atoms with Crippen molar-refractivity contribution in [2.24, 2.45) is 0 Å². The number of hydrogen-bond donors (Lipinski definition) is 1. The Morgan fingerprint density at radius 1 is 1.18 bits per heavy atom. The Hall–Kier alpha value is -2.70. The van der Waals surface area contributed by atoms with Crippen molar-refractivity contribution in [1.29, 1.82) is 0 Å². The topological polar surface area (TPSA) is 68.3 Å². The summed E-state index contributed by atoms with van der Waals surface area (Å²) < 4.78 is 5.28. The molecule has 0 bridgehead atoms. The highest BCUT2D eigenvalue weighted by molar-refractivity contribution is 7.13. The third-order valence-electron chi connectivity index (χ3n) is 4.03. The first kappa shape index (κ1) is 20.0. The molecule has 5 nitrogen and oxygen atoms in total. The van der Waals surface area contributed by atoms with Crippen LogP contribution in [0.2, 0.25) is 5.02 Å². The molecule has 1 N–H and O–H groups in total. The molecular formula is C21H19ClN2O3S. The van der Waals surface area contributed by atoms with E-state index in [1.807, 2.05) is 36.6 Å². The van der Waals surface area contributed by atoms with Gasteiger partial charge in [0.05, 0.1) is 16.3 Å². The summed E-state index contributed by atoms with van der Waals surface area (Å²) in [6, 6.07) is 13.9. The van der Waals surface area contributed by atoms with Crippen LogP contribution in [-0.2, 0) is 16.1 Å². The van der Waals surface area contributed by atoms with Gasteiger partial charge in [-0.25, -0.2) is 9.78 Å². The summed E-state index contributed by atoms with van der Waals surface area (Å²) in [4.78, 5) is 28.9. The Labute approximate surface area is 172 Å². The lowest BCUT2D eigenvalue weighted by Crippen LogP contribution is -2.39. The molecule has 0 aliphatic heterocycles. The van der Waals surface area contributed by atoms with Crippen molar-refractivity contribution in [3.8, 4) is 10.6 Å². The van der Waals surface area contributed by atoms with E-state index < -0.39 is 17.9 Å². The van der Waals surface area contributed by atoms with Crippen LogP contribution in [0.5, 0.6) is 0 Å². The maximum atomic E-state index is 12.2. The summed E-state index contributed by atoms with van der Waals surface area (Å²) >= 11 is 7.49. The molecule has 1 aromatic heterocycles. The minimum atomic E-state index is -0.807. The van der Waals surface area contributed by atoms with Crippen LogP contribution in [0.3, 0.4) is 0 Å². The van der Waals surface area contributed by atoms with Crippen LogP contribution in [-0.4, -0.2) is 22.9 Å². The Kier molecular flexibility index (Phi) is 6.44. The van der Waals surface area contributed by atoms with Gasteiger partial charge in [-0.05, 0) is 26.0 Å². The van der Waals surface area contributed by atoms with Crippen molar-refractivity contribution in [3.63, 3.8) is 0 Å². The van der Waals surface area contributed by atoms with Gasteiger partial charge in [0.1, 0.15) is 17.7 Å². The first-order valence-corrected chi connectivity index (χ1v) is 9.93. The minimum absolute atomic E-state index is 0.0491. The number of benzene rings is 2. The molecule has 1 atom stereocenters. The fourth-order valence-electron chi connectivity index (χ4n) is 2.45. The largest absolute Gasteiger partial charge is 0.458 e. The standard InChI is InChI=1S/C21H19ClN2O3S/c1-13-7-9-15(10-8-13)20-24-16(12-28-20)11-27-21(26)14(2)23-19(25)17-5-3-4-6-18(17)22/h3-10,12,14H,11H2,1-2H3,(H,23,25)/t14-/m0/s1. The lowest BCUT2D eigenvalue weighted by atomic mass is 10.2. The second-order valence-electron chi connectivity index (χ2n) is 6.29. The average Bonchev–Trinajstić information content (AvgIpc) is 3.16. The number of thiazole rings is 1. The lowest BCUT2D eigenvalue weighted by molar-refractivity contribution is -0.146. The highest BCUT2D eigenvalue weighted by Gasteiger charge is 2.19. The molecule has 144 valence electrons. The fraction of sp³-hybridized carbons (Fsp3) is 0.190. The van der Waals surface area contributed by atoms with Gasteiger partial charge in [-0.1, -0.05) is 53.6 Å². The van der Waals surface area contributed by atoms with E-state index in [0.717, 1.165) is 10.6 Å². The van der Waals surface area contributed by atoms with E-state index in [1.54, 1.807) is 31.2 Å².